The molecule has 1 aliphatic heterocycles. The molecule has 0 spiro atoms. The smallest absolute Gasteiger partial charge is 0.0140 e. The summed E-state index contributed by atoms with van der Waals surface area (Å²) in [4.78, 5) is 1.50. The second-order valence-electron chi connectivity index (χ2n) is 4.23. The van der Waals surface area contributed by atoms with Crippen LogP contribution in [0.1, 0.15) is 30.9 Å². The van der Waals surface area contributed by atoms with Gasteiger partial charge in [-0.05, 0) is 30.4 Å². The fourth-order valence-electron chi connectivity index (χ4n) is 1.97. The molecule has 14 heavy (non-hydrogen) atoms. The lowest BCUT2D eigenvalue weighted by Crippen LogP contribution is -2.18. The van der Waals surface area contributed by atoms with Crippen LogP contribution in [0.4, 0.5) is 0 Å². The molecule has 76 valence electrons. The Kier molecular flexibility index (Phi) is 2.84. The predicted octanol–water partition coefficient (Wildman–Crippen LogP) is 2.79. The first-order valence-electron chi connectivity index (χ1n) is 5.18. The van der Waals surface area contributed by atoms with E-state index in [0.717, 1.165) is 6.42 Å². The molecule has 0 aromatic heterocycles. The van der Waals surface area contributed by atoms with Crippen molar-refractivity contribution in [2.24, 2.45) is 5.73 Å². The average Bonchev–Trinajstić information content (AvgIpc) is 2.49. The molecular formula is C12H17NS. The Bertz CT molecular complexity index is 333. The minimum absolute atomic E-state index is 0.262. The molecule has 1 heterocycles. The number of benzene rings is 1. The summed E-state index contributed by atoms with van der Waals surface area (Å²) in [5, 5.41) is 0. The van der Waals surface area contributed by atoms with Gasteiger partial charge < -0.3 is 5.73 Å². The molecular weight excluding hydrogens is 190 g/mol. The third-order valence-electron chi connectivity index (χ3n) is 2.68. The number of nitrogens with two attached hydrogens (primary N) is 1. The van der Waals surface area contributed by atoms with Gasteiger partial charge in [0.2, 0.25) is 0 Å². The third kappa shape index (κ3) is 1.82. The lowest BCUT2D eigenvalue weighted by Gasteiger charge is -2.10. The van der Waals surface area contributed by atoms with Gasteiger partial charge in [-0.1, -0.05) is 25.1 Å². The molecule has 0 bridgehead atoms. The van der Waals surface area contributed by atoms with Crippen LogP contribution in [0.25, 0.3) is 0 Å². The van der Waals surface area contributed by atoms with Crippen molar-refractivity contribution >= 4 is 11.8 Å². The van der Waals surface area contributed by atoms with Crippen molar-refractivity contribution in [1.29, 1.82) is 0 Å². The van der Waals surface area contributed by atoms with Gasteiger partial charge in [0.05, 0.1) is 0 Å². The Morgan fingerprint density at radius 1 is 1.57 bits per heavy atom. The maximum Gasteiger partial charge on any atom is 0.0140 e. The van der Waals surface area contributed by atoms with E-state index in [1.165, 1.54) is 21.8 Å². The van der Waals surface area contributed by atoms with Gasteiger partial charge in [0.25, 0.3) is 0 Å². The lowest BCUT2D eigenvalue weighted by atomic mass is 9.98. The van der Waals surface area contributed by atoms with Crippen LogP contribution in [-0.2, 0) is 6.42 Å². The van der Waals surface area contributed by atoms with Gasteiger partial charge in [-0.2, -0.15) is 0 Å². The molecule has 2 N–H and O–H groups in total. The number of rotatable bonds is 2. The highest BCUT2D eigenvalue weighted by atomic mass is 32.2. The Morgan fingerprint density at radius 2 is 2.36 bits per heavy atom. The topological polar surface area (TPSA) is 26.0 Å². The molecule has 2 heteroatoms. The van der Waals surface area contributed by atoms with Gasteiger partial charge in [-0.15, -0.1) is 11.8 Å². The number of thioether (sulfide) groups is 1. The van der Waals surface area contributed by atoms with E-state index in [4.69, 9.17) is 5.73 Å². The standard InChI is InChI=1S/C12H17NS/c1-8-7-14-12-10(6-9(2)13)4-3-5-11(8)12/h3-5,8-9H,6-7,13H2,1-2H3. The first-order valence-corrected chi connectivity index (χ1v) is 6.17. The summed E-state index contributed by atoms with van der Waals surface area (Å²) in [6, 6.07) is 6.90. The van der Waals surface area contributed by atoms with Crippen molar-refractivity contribution in [2.45, 2.75) is 37.1 Å². The molecule has 1 aromatic rings. The van der Waals surface area contributed by atoms with Crippen LogP contribution in [-0.4, -0.2) is 11.8 Å². The highest BCUT2D eigenvalue weighted by molar-refractivity contribution is 7.99. The molecule has 1 aromatic carbocycles. The highest BCUT2D eigenvalue weighted by Gasteiger charge is 2.21. The quantitative estimate of drug-likeness (QED) is 0.807. The summed E-state index contributed by atoms with van der Waals surface area (Å²) in [6.07, 6.45) is 1.00. The van der Waals surface area contributed by atoms with Crippen LogP contribution in [0.15, 0.2) is 23.1 Å². The number of hydrogen-bond acceptors (Lipinski definition) is 2. The highest BCUT2D eigenvalue weighted by Crippen LogP contribution is 2.41. The Balaban J connectivity index is 2.34. The summed E-state index contributed by atoms with van der Waals surface area (Å²) in [6.45, 7) is 4.37. The van der Waals surface area contributed by atoms with Gasteiger partial charge in [0.1, 0.15) is 0 Å². The van der Waals surface area contributed by atoms with Crippen LogP contribution in [0, 0.1) is 0 Å². The van der Waals surface area contributed by atoms with Crippen molar-refractivity contribution in [3.8, 4) is 0 Å². The van der Waals surface area contributed by atoms with Crippen molar-refractivity contribution in [2.75, 3.05) is 5.75 Å². The number of fused-ring (bicyclic) bond motifs is 1. The SMILES string of the molecule is CC(N)Cc1cccc2c1SCC2C. The predicted molar refractivity (Wildman–Crippen MR) is 62.9 cm³/mol. The second kappa shape index (κ2) is 3.95. The molecule has 0 saturated carbocycles. The summed E-state index contributed by atoms with van der Waals surface area (Å²) < 4.78 is 0. The summed E-state index contributed by atoms with van der Waals surface area (Å²) in [5.41, 5.74) is 8.80. The molecule has 0 aliphatic carbocycles. The van der Waals surface area contributed by atoms with Crippen molar-refractivity contribution < 1.29 is 0 Å². The van der Waals surface area contributed by atoms with Gasteiger partial charge in [0.15, 0.2) is 0 Å². The van der Waals surface area contributed by atoms with Crippen molar-refractivity contribution in [3.63, 3.8) is 0 Å². The van der Waals surface area contributed by atoms with Crippen LogP contribution in [0.5, 0.6) is 0 Å². The zero-order valence-corrected chi connectivity index (χ0v) is 9.60. The lowest BCUT2D eigenvalue weighted by molar-refractivity contribution is 0.726. The first-order chi connectivity index (χ1) is 6.68. The molecule has 2 atom stereocenters. The molecule has 1 nitrogen and oxygen atoms in total. The van der Waals surface area contributed by atoms with Crippen molar-refractivity contribution in [1.82, 2.24) is 0 Å². The summed E-state index contributed by atoms with van der Waals surface area (Å²) >= 11 is 1.99. The van der Waals surface area contributed by atoms with E-state index in [1.807, 2.05) is 11.8 Å². The first kappa shape index (κ1) is 10.1. The van der Waals surface area contributed by atoms with Crippen LogP contribution in [0.2, 0.25) is 0 Å². The number of hydrogen-bond donors (Lipinski definition) is 1. The largest absolute Gasteiger partial charge is 0.328 e. The van der Waals surface area contributed by atoms with Crippen LogP contribution < -0.4 is 5.73 Å². The van der Waals surface area contributed by atoms with E-state index in [0.29, 0.717) is 5.92 Å². The van der Waals surface area contributed by atoms with Gasteiger partial charge in [-0.3, -0.25) is 0 Å². The van der Waals surface area contributed by atoms with Crippen molar-refractivity contribution in [3.05, 3.63) is 29.3 Å². The van der Waals surface area contributed by atoms with Crippen LogP contribution in [0.3, 0.4) is 0 Å². The van der Waals surface area contributed by atoms with E-state index < -0.39 is 0 Å². The Labute approximate surface area is 90.1 Å². The average molecular weight is 207 g/mol. The fraction of sp³-hybridized carbons (Fsp3) is 0.500. The minimum Gasteiger partial charge on any atom is -0.328 e. The normalized spacial score (nSPS) is 22.1. The minimum atomic E-state index is 0.262. The molecule has 2 rings (SSSR count). The van der Waals surface area contributed by atoms with Crippen LogP contribution >= 0.6 is 11.8 Å². The fourth-order valence-corrected chi connectivity index (χ4v) is 3.34. The van der Waals surface area contributed by atoms with E-state index in [1.54, 1.807) is 0 Å². The van der Waals surface area contributed by atoms with E-state index in [9.17, 15) is 0 Å². The third-order valence-corrected chi connectivity index (χ3v) is 4.13. The monoisotopic (exact) mass is 207 g/mol. The maximum absolute atomic E-state index is 5.84. The van der Waals surface area contributed by atoms with Gasteiger partial charge >= 0.3 is 0 Å². The molecule has 0 saturated heterocycles. The zero-order valence-electron chi connectivity index (χ0n) is 8.79. The van der Waals surface area contributed by atoms with E-state index >= 15 is 0 Å². The zero-order chi connectivity index (χ0) is 10.1. The van der Waals surface area contributed by atoms with Gasteiger partial charge in [-0.25, -0.2) is 0 Å². The summed E-state index contributed by atoms with van der Waals surface area (Å²) in [5.74, 6) is 1.94. The van der Waals surface area contributed by atoms with E-state index in [-0.39, 0.29) is 6.04 Å². The molecule has 0 fully saturated rings. The molecule has 0 radical (unpaired) electrons. The van der Waals surface area contributed by atoms with E-state index in [2.05, 4.69) is 32.0 Å². The molecule has 2 unspecified atom stereocenters. The second-order valence-corrected chi connectivity index (χ2v) is 5.26. The van der Waals surface area contributed by atoms with Gasteiger partial charge in [0, 0.05) is 16.7 Å². The maximum atomic E-state index is 5.84. The Hall–Kier alpha value is -0.470. The molecule has 0 amide bonds. The Morgan fingerprint density at radius 3 is 3.07 bits per heavy atom. The molecule has 1 aliphatic rings. The summed E-state index contributed by atoms with van der Waals surface area (Å²) in [7, 11) is 0.